The maximum atomic E-state index is 13.4. The molecule has 3 aromatic carbocycles. The number of hydrogen-bond acceptors (Lipinski definition) is 3. The Labute approximate surface area is 226 Å². The fourth-order valence-corrected chi connectivity index (χ4v) is 6.01. The average Bonchev–Trinajstić information content (AvgIpc) is 3.63. The number of nitrogens with zero attached hydrogens (tertiary/aromatic N) is 3. The van der Waals surface area contributed by atoms with E-state index in [0.717, 1.165) is 33.6 Å². The number of rotatable bonds is 7. The Bertz CT molecular complexity index is 1610. The van der Waals surface area contributed by atoms with Gasteiger partial charge in [-0.2, -0.15) is 11.3 Å². The quantitative estimate of drug-likeness (QED) is 0.216. The molecule has 0 saturated carbocycles. The van der Waals surface area contributed by atoms with E-state index < -0.39 is 5.54 Å². The monoisotopic (exact) mass is 513 g/mol. The van der Waals surface area contributed by atoms with E-state index in [0.29, 0.717) is 12.1 Å². The van der Waals surface area contributed by atoms with Crippen LogP contribution in [0.2, 0.25) is 0 Å². The van der Waals surface area contributed by atoms with Crippen LogP contribution in [0, 0.1) is 6.92 Å². The minimum atomic E-state index is -0.636. The summed E-state index contributed by atoms with van der Waals surface area (Å²) in [5.41, 5.74) is 6.30. The van der Waals surface area contributed by atoms with E-state index in [4.69, 9.17) is 4.98 Å². The largest absolute Gasteiger partial charge is 0.316 e. The van der Waals surface area contributed by atoms with Crippen molar-refractivity contribution in [1.82, 2.24) is 14.1 Å². The summed E-state index contributed by atoms with van der Waals surface area (Å²) in [6, 6.07) is 37.5. The summed E-state index contributed by atoms with van der Waals surface area (Å²) in [4.78, 5) is 18.3. The van der Waals surface area contributed by atoms with Crippen molar-refractivity contribution in [1.29, 1.82) is 0 Å². The fraction of sp³-hybridized carbons (Fsp3) is 0.0909. The normalized spacial score (nSPS) is 11.5. The smallest absolute Gasteiger partial charge is 0.258 e. The van der Waals surface area contributed by atoms with Gasteiger partial charge >= 0.3 is 0 Å². The molecule has 0 fully saturated rings. The van der Waals surface area contributed by atoms with Crippen molar-refractivity contribution >= 4 is 11.3 Å². The van der Waals surface area contributed by atoms with E-state index in [-0.39, 0.29) is 5.56 Å². The number of thiophene rings is 1. The summed E-state index contributed by atoms with van der Waals surface area (Å²) in [7, 11) is 0. The van der Waals surface area contributed by atoms with Gasteiger partial charge in [-0.25, -0.2) is 4.98 Å². The lowest BCUT2D eigenvalue weighted by Crippen LogP contribution is -2.38. The number of benzene rings is 3. The van der Waals surface area contributed by atoms with Gasteiger partial charge in [0.05, 0.1) is 18.6 Å². The Morgan fingerprint density at radius 1 is 0.763 bits per heavy atom. The third-order valence-corrected chi connectivity index (χ3v) is 7.90. The van der Waals surface area contributed by atoms with E-state index in [9.17, 15) is 4.79 Å². The average molecular weight is 514 g/mol. The van der Waals surface area contributed by atoms with Crippen LogP contribution in [-0.2, 0) is 12.1 Å². The molecule has 186 valence electrons. The van der Waals surface area contributed by atoms with Gasteiger partial charge in [0.15, 0.2) is 0 Å². The van der Waals surface area contributed by atoms with Gasteiger partial charge in [-0.1, -0.05) is 91.0 Å². The molecule has 0 amide bonds. The maximum absolute atomic E-state index is 13.4. The summed E-state index contributed by atoms with van der Waals surface area (Å²) in [6.45, 7) is 2.49. The third-order valence-electron chi connectivity index (χ3n) is 7.22. The van der Waals surface area contributed by atoms with Crippen LogP contribution in [0.25, 0.3) is 11.1 Å². The molecule has 0 spiro atoms. The number of imidazole rings is 1. The highest BCUT2D eigenvalue weighted by molar-refractivity contribution is 7.08. The van der Waals surface area contributed by atoms with Gasteiger partial charge in [0.2, 0.25) is 0 Å². The van der Waals surface area contributed by atoms with Gasteiger partial charge in [0.1, 0.15) is 5.54 Å². The van der Waals surface area contributed by atoms with Crippen LogP contribution in [0.3, 0.4) is 0 Å². The molecular formula is C33H27N3OS. The predicted molar refractivity (Wildman–Crippen MR) is 155 cm³/mol. The van der Waals surface area contributed by atoms with Gasteiger partial charge in [-0.3, -0.25) is 4.79 Å². The topological polar surface area (TPSA) is 39.8 Å². The lowest BCUT2D eigenvalue weighted by Gasteiger charge is -2.38. The van der Waals surface area contributed by atoms with Crippen LogP contribution in [0.5, 0.6) is 0 Å². The molecule has 0 atom stereocenters. The summed E-state index contributed by atoms with van der Waals surface area (Å²) >= 11 is 1.59. The molecule has 6 aromatic rings. The molecule has 0 N–H and O–H groups in total. The molecule has 3 heterocycles. The standard InChI is InChI=1S/C33H27N3OS/c1-25-31(22-35-20-11-18-30(32(35)37)26-19-21-38-23-26)34-24-36(25)33(27-12-5-2-6-13-27,28-14-7-3-8-15-28)29-16-9-4-10-17-29/h2-21,23-24H,22H2,1H3. The van der Waals surface area contributed by atoms with Crippen molar-refractivity contribution in [3.8, 4) is 11.1 Å². The van der Waals surface area contributed by atoms with Gasteiger partial charge in [0.25, 0.3) is 5.56 Å². The molecule has 0 aliphatic carbocycles. The molecule has 6 rings (SSSR count). The molecule has 0 aliphatic rings. The molecule has 0 saturated heterocycles. The first-order valence-corrected chi connectivity index (χ1v) is 13.6. The molecule has 0 unspecified atom stereocenters. The van der Waals surface area contributed by atoms with E-state index in [1.165, 1.54) is 0 Å². The van der Waals surface area contributed by atoms with Crippen LogP contribution in [0.1, 0.15) is 28.1 Å². The van der Waals surface area contributed by atoms with Crippen LogP contribution in [-0.4, -0.2) is 14.1 Å². The van der Waals surface area contributed by atoms with Gasteiger partial charge in [-0.15, -0.1) is 0 Å². The third kappa shape index (κ3) is 4.01. The molecule has 3 aromatic heterocycles. The molecule has 38 heavy (non-hydrogen) atoms. The minimum absolute atomic E-state index is 0.0136. The zero-order valence-corrected chi connectivity index (χ0v) is 21.9. The highest BCUT2D eigenvalue weighted by Crippen LogP contribution is 2.41. The van der Waals surface area contributed by atoms with Crippen molar-refractivity contribution in [2.75, 3.05) is 0 Å². The second-order valence-electron chi connectivity index (χ2n) is 9.32. The SMILES string of the molecule is Cc1c(Cn2cccc(-c3ccsc3)c2=O)ncn1C(c1ccccc1)(c1ccccc1)c1ccccc1. The Kier molecular flexibility index (Phi) is 6.36. The summed E-state index contributed by atoms with van der Waals surface area (Å²) in [6.07, 6.45) is 3.76. The summed E-state index contributed by atoms with van der Waals surface area (Å²) in [5, 5.41) is 4.00. The van der Waals surface area contributed by atoms with Crippen molar-refractivity contribution in [3.05, 3.63) is 171 Å². The molecular weight excluding hydrogens is 486 g/mol. The fourth-order valence-electron chi connectivity index (χ4n) is 5.36. The maximum Gasteiger partial charge on any atom is 0.258 e. The second-order valence-corrected chi connectivity index (χ2v) is 10.1. The van der Waals surface area contributed by atoms with Crippen LogP contribution in [0.15, 0.2) is 137 Å². The second kappa shape index (κ2) is 10.1. The van der Waals surface area contributed by atoms with Crippen molar-refractivity contribution < 1.29 is 0 Å². The van der Waals surface area contributed by atoms with Crippen LogP contribution < -0.4 is 5.56 Å². The van der Waals surface area contributed by atoms with Crippen molar-refractivity contribution in [2.45, 2.75) is 19.0 Å². The van der Waals surface area contributed by atoms with E-state index in [2.05, 4.69) is 84.3 Å². The number of aromatic nitrogens is 3. The van der Waals surface area contributed by atoms with Gasteiger partial charge in [0, 0.05) is 17.5 Å². The zero-order chi connectivity index (χ0) is 26.0. The first kappa shape index (κ1) is 23.9. The zero-order valence-electron chi connectivity index (χ0n) is 21.1. The van der Waals surface area contributed by atoms with Crippen molar-refractivity contribution in [3.63, 3.8) is 0 Å². The number of pyridine rings is 1. The van der Waals surface area contributed by atoms with Crippen LogP contribution >= 0.6 is 11.3 Å². The van der Waals surface area contributed by atoms with Crippen LogP contribution in [0.4, 0.5) is 0 Å². The van der Waals surface area contributed by atoms with Gasteiger partial charge < -0.3 is 9.13 Å². The number of hydrogen-bond donors (Lipinski definition) is 0. The van der Waals surface area contributed by atoms with Crippen molar-refractivity contribution in [2.24, 2.45) is 0 Å². The minimum Gasteiger partial charge on any atom is -0.316 e. The molecule has 0 bridgehead atoms. The molecule has 5 heteroatoms. The molecule has 0 aliphatic heterocycles. The van der Waals surface area contributed by atoms with E-state index >= 15 is 0 Å². The summed E-state index contributed by atoms with van der Waals surface area (Å²) < 4.78 is 4.01. The molecule has 4 nitrogen and oxygen atoms in total. The van der Waals surface area contributed by atoms with Gasteiger partial charge in [-0.05, 0) is 58.1 Å². The highest BCUT2D eigenvalue weighted by Gasteiger charge is 2.39. The Morgan fingerprint density at radius 3 is 1.87 bits per heavy atom. The Morgan fingerprint density at radius 2 is 1.34 bits per heavy atom. The Hall–Kier alpha value is -4.48. The van der Waals surface area contributed by atoms with E-state index in [1.807, 2.05) is 59.7 Å². The highest BCUT2D eigenvalue weighted by atomic mass is 32.1. The summed E-state index contributed by atoms with van der Waals surface area (Å²) in [5.74, 6) is 0. The molecule has 0 radical (unpaired) electrons. The van der Waals surface area contributed by atoms with E-state index in [1.54, 1.807) is 15.9 Å². The first-order chi connectivity index (χ1) is 18.7. The lowest BCUT2D eigenvalue weighted by atomic mass is 9.76. The predicted octanol–water partition coefficient (Wildman–Crippen LogP) is 6.97. The first-order valence-electron chi connectivity index (χ1n) is 12.6. The lowest BCUT2D eigenvalue weighted by molar-refractivity contribution is 0.502. The Balaban J connectivity index is 1.54.